The maximum Gasteiger partial charge on any atom is 0.229 e. The molecule has 1 N–H and O–H groups in total. The van der Waals surface area contributed by atoms with Gasteiger partial charge in [-0.05, 0) is 44.0 Å². The van der Waals surface area contributed by atoms with Gasteiger partial charge in [0.2, 0.25) is 11.8 Å². The maximum absolute atomic E-state index is 12.7. The summed E-state index contributed by atoms with van der Waals surface area (Å²) in [6, 6.07) is 13.3. The van der Waals surface area contributed by atoms with Crippen molar-refractivity contribution in [1.29, 1.82) is 0 Å². The fourth-order valence-electron chi connectivity index (χ4n) is 3.31. The molecule has 26 heavy (non-hydrogen) atoms. The second kappa shape index (κ2) is 7.60. The van der Waals surface area contributed by atoms with E-state index in [1.807, 2.05) is 63.2 Å². The minimum absolute atomic E-state index is 0.0567. The zero-order valence-electron chi connectivity index (χ0n) is 15.4. The Balaban J connectivity index is 1.77. The first-order valence-electron chi connectivity index (χ1n) is 8.90. The predicted octanol–water partition coefficient (Wildman–Crippen LogP) is 3.69. The van der Waals surface area contributed by atoms with E-state index < -0.39 is 0 Å². The van der Waals surface area contributed by atoms with Gasteiger partial charge in [-0.2, -0.15) is 0 Å². The lowest BCUT2D eigenvalue weighted by molar-refractivity contribution is -0.122. The first-order chi connectivity index (χ1) is 12.5. The van der Waals surface area contributed by atoms with Crippen LogP contribution in [0, 0.1) is 19.8 Å². The van der Waals surface area contributed by atoms with Crippen LogP contribution in [-0.2, 0) is 9.59 Å². The summed E-state index contributed by atoms with van der Waals surface area (Å²) in [4.78, 5) is 26.9. The van der Waals surface area contributed by atoms with Crippen LogP contribution in [0.2, 0.25) is 0 Å². The molecule has 1 atom stereocenters. The molecule has 0 radical (unpaired) electrons. The largest absolute Gasteiger partial charge is 0.492 e. The van der Waals surface area contributed by atoms with E-state index in [9.17, 15) is 9.59 Å². The number of hydrogen-bond donors (Lipinski definition) is 1. The van der Waals surface area contributed by atoms with E-state index >= 15 is 0 Å². The van der Waals surface area contributed by atoms with Gasteiger partial charge >= 0.3 is 0 Å². The number of ether oxygens (including phenoxy) is 1. The molecule has 0 aliphatic carbocycles. The lowest BCUT2D eigenvalue weighted by Gasteiger charge is -2.20. The van der Waals surface area contributed by atoms with Crippen molar-refractivity contribution in [3.8, 4) is 5.75 Å². The number of amides is 2. The number of hydrogen-bond acceptors (Lipinski definition) is 3. The zero-order valence-corrected chi connectivity index (χ0v) is 15.4. The van der Waals surface area contributed by atoms with Crippen LogP contribution in [0.25, 0.3) is 0 Å². The molecule has 2 amide bonds. The third-order valence-electron chi connectivity index (χ3n) is 4.68. The van der Waals surface area contributed by atoms with Crippen molar-refractivity contribution in [3.63, 3.8) is 0 Å². The summed E-state index contributed by atoms with van der Waals surface area (Å²) in [5.41, 5.74) is 3.59. The second-order valence-electron chi connectivity index (χ2n) is 6.56. The van der Waals surface area contributed by atoms with Crippen molar-refractivity contribution in [2.24, 2.45) is 5.92 Å². The van der Waals surface area contributed by atoms with Crippen molar-refractivity contribution in [3.05, 3.63) is 53.6 Å². The van der Waals surface area contributed by atoms with Crippen LogP contribution in [0.3, 0.4) is 0 Å². The highest BCUT2D eigenvalue weighted by Gasteiger charge is 2.36. The summed E-state index contributed by atoms with van der Waals surface area (Å²) in [5, 5.41) is 3.00. The minimum atomic E-state index is -0.379. The third kappa shape index (κ3) is 3.57. The number of rotatable bonds is 5. The number of benzene rings is 2. The minimum Gasteiger partial charge on any atom is -0.492 e. The molecule has 0 spiro atoms. The molecule has 1 unspecified atom stereocenters. The van der Waals surface area contributed by atoms with Gasteiger partial charge in [-0.3, -0.25) is 9.59 Å². The van der Waals surface area contributed by atoms with Crippen molar-refractivity contribution in [2.45, 2.75) is 27.2 Å². The van der Waals surface area contributed by atoms with E-state index in [1.54, 1.807) is 4.90 Å². The number of carbonyl (C=O) groups excluding carboxylic acids is 2. The maximum atomic E-state index is 12.7. The molecule has 5 heteroatoms. The van der Waals surface area contributed by atoms with Crippen LogP contribution in [0.4, 0.5) is 11.4 Å². The van der Waals surface area contributed by atoms with Crippen molar-refractivity contribution in [1.82, 2.24) is 0 Å². The number of anilines is 2. The molecular formula is C21H24N2O3. The lowest BCUT2D eigenvalue weighted by Crippen LogP contribution is -2.28. The van der Waals surface area contributed by atoms with Gasteiger partial charge in [0.1, 0.15) is 5.75 Å². The number of nitrogens with one attached hydrogen (secondary N) is 1. The first kappa shape index (κ1) is 18.0. The van der Waals surface area contributed by atoms with Crippen LogP contribution in [0.1, 0.15) is 24.5 Å². The number of nitrogens with zero attached hydrogens (tertiary/aromatic N) is 1. The summed E-state index contributed by atoms with van der Waals surface area (Å²) >= 11 is 0. The molecule has 1 aliphatic heterocycles. The Bertz CT molecular complexity index is 812. The Hall–Kier alpha value is -2.82. The molecule has 1 saturated heterocycles. The number of aryl methyl sites for hydroxylation is 2. The van der Waals surface area contributed by atoms with E-state index in [2.05, 4.69) is 5.32 Å². The molecule has 1 fully saturated rings. The molecule has 2 aromatic carbocycles. The van der Waals surface area contributed by atoms with Gasteiger partial charge in [0.25, 0.3) is 0 Å². The average molecular weight is 352 g/mol. The molecular weight excluding hydrogens is 328 g/mol. The Morgan fingerprint density at radius 1 is 1.15 bits per heavy atom. The standard InChI is InChI=1S/C21H24N2O3/c1-4-26-18-11-6-5-10-17(18)23-13-16(12-19(23)24)21(25)22-20-14(2)8-7-9-15(20)3/h5-11,16H,4,12-13H2,1-3H3,(H,22,25). The quantitative estimate of drug-likeness (QED) is 0.893. The molecule has 2 aromatic rings. The normalized spacial score (nSPS) is 16.7. The van der Waals surface area contributed by atoms with E-state index in [1.165, 1.54) is 0 Å². The molecule has 0 bridgehead atoms. The molecule has 0 saturated carbocycles. The topological polar surface area (TPSA) is 58.6 Å². The molecule has 1 aliphatic rings. The van der Waals surface area contributed by atoms with Gasteiger partial charge in [0.15, 0.2) is 0 Å². The van der Waals surface area contributed by atoms with Crippen LogP contribution in [0.15, 0.2) is 42.5 Å². The van der Waals surface area contributed by atoms with Gasteiger partial charge in [0.05, 0.1) is 18.2 Å². The molecule has 3 rings (SSSR count). The second-order valence-corrected chi connectivity index (χ2v) is 6.56. The highest BCUT2D eigenvalue weighted by atomic mass is 16.5. The highest BCUT2D eigenvalue weighted by molar-refractivity contribution is 6.04. The number of carbonyl (C=O) groups is 2. The van der Waals surface area contributed by atoms with E-state index in [0.717, 1.165) is 22.5 Å². The van der Waals surface area contributed by atoms with Gasteiger partial charge in [-0.15, -0.1) is 0 Å². The number of para-hydroxylation sites is 3. The van der Waals surface area contributed by atoms with Gasteiger partial charge < -0.3 is 15.0 Å². The van der Waals surface area contributed by atoms with Crippen molar-refractivity contribution in [2.75, 3.05) is 23.4 Å². The molecule has 1 heterocycles. The Kier molecular flexibility index (Phi) is 5.26. The van der Waals surface area contributed by atoms with Crippen molar-refractivity contribution < 1.29 is 14.3 Å². The van der Waals surface area contributed by atoms with Crippen LogP contribution in [0.5, 0.6) is 5.75 Å². The van der Waals surface area contributed by atoms with Gasteiger partial charge in [-0.1, -0.05) is 30.3 Å². The zero-order chi connectivity index (χ0) is 18.7. The van der Waals surface area contributed by atoms with E-state index in [-0.39, 0.29) is 24.2 Å². The third-order valence-corrected chi connectivity index (χ3v) is 4.68. The summed E-state index contributed by atoms with van der Waals surface area (Å²) < 4.78 is 5.63. The monoisotopic (exact) mass is 352 g/mol. The SMILES string of the molecule is CCOc1ccccc1N1CC(C(=O)Nc2c(C)cccc2C)CC1=O. The lowest BCUT2D eigenvalue weighted by atomic mass is 10.1. The van der Waals surface area contributed by atoms with Crippen molar-refractivity contribution >= 4 is 23.2 Å². The van der Waals surface area contributed by atoms with E-state index in [4.69, 9.17) is 4.74 Å². The summed E-state index contributed by atoms with van der Waals surface area (Å²) in [7, 11) is 0. The average Bonchev–Trinajstić information content (AvgIpc) is 3.01. The predicted molar refractivity (Wildman–Crippen MR) is 103 cm³/mol. The Labute approximate surface area is 154 Å². The molecule has 136 valence electrons. The smallest absolute Gasteiger partial charge is 0.229 e. The van der Waals surface area contributed by atoms with Gasteiger partial charge in [0, 0.05) is 18.7 Å². The molecule has 0 aromatic heterocycles. The fourth-order valence-corrected chi connectivity index (χ4v) is 3.31. The summed E-state index contributed by atoms with van der Waals surface area (Å²) in [6.45, 7) is 6.72. The van der Waals surface area contributed by atoms with Crippen LogP contribution in [-0.4, -0.2) is 25.0 Å². The first-order valence-corrected chi connectivity index (χ1v) is 8.90. The van der Waals surface area contributed by atoms with E-state index in [0.29, 0.717) is 18.9 Å². The fraction of sp³-hybridized carbons (Fsp3) is 0.333. The Morgan fingerprint density at radius 3 is 2.54 bits per heavy atom. The van der Waals surface area contributed by atoms with Crippen LogP contribution < -0.4 is 15.0 Å². The molecule has 5 nitrogen and oxygen atoms in total. The summed E-state index contributed by atoms with van der Waals surface area (Å²) in [5.74, 6) is 0.112. The van der Waals surface area contributed by atoms with Crippen LogP contribution >= 0.6 is 0 Å². The van der Waals surface area contributed by atoms with Gasteiger partial charge in [-0.25, -0.2) is 0 Å². The summed E-state index contributed by atoms with van der Waals surface area (Å²) in [6.07, 6.45) is 0.206. The highest BCUT2D eigenvalue weighted by Crippen LogP contribution is 2.33. The Morgan fingerprint density at radius 2 is 1.85 bits per heavy atom.